The predicted octanol–water partition coefficient (Wildman–Crippen LogP) is 0.219. The molecule has 0 aromatic rings. The summed E-state index contributed by atoms with van der Waals surface area (Å²) in [6.07, 6.45) is -6.12. The van der Waals surface area contributed by atoms with Crippen molar-refractivity contribution in [1.82, 2.24) is 15.1 Å². The molecule has 1 fully saturated rings. The van der Waals surface area contributed by atoms with Crippen LogP contribution in [0.1, 0.15) is 12.8 Å². The van der Waals surface area contributed by atoms with Gasteiger partial charge in [0.25, 0.3) is 0 Å². The fourth-order valence-corrected chi connectivity index (χ4v) is 1.74. The van der Waals surface area contributed by atoms with Gasteiger partial charge in [0, 0.05) is 39.6 Å². The van der Waals surface area contributed by atoms with Crippen molar-refractivity contribution in [3.05, 3.63) is 0 Å². The lowest BCUT2D eigenvalue weighted by Crippen LogP contribution is -2.49. The number of alkyl halides is 3. The van der Waals surface area contributed by atoms with E-state index in [2.05, 4.69) is 5.32 Å². The predicted molar refractivity (Wildman–Crippen MR) is 62.4 cm³/mol. The molecule has 0 bridgehead atoms. The van der Waals surface area contributed by atoms with E-state index in [1.54, 1.807) is 4.90 Å². The quantitative estimate of drug-likeness (QED) is 0.802. The van der Waals surface area contributed by atoms with E-state index in [4.69, 9.17) is 0 Å². The zero-order chi connectivity index (χ0) is 14.5. The van der Waals surface area contributed by atoms with Gasteiger partial charge in [0.15, 0.2) is 0 Å². The topological polar surface area (TPSA) is 52.7 Å². The fraction of sp³-hybridized carbons (Fsp3) is 0.818. The number of nitrogens with zero attached hydrogens (tertiary/aromatic N) is 2. The van der Waals surface area contributed by atoms with E-state index in [-0.39, 0.29) is 12.5 Å². The third-order valence-electron chi connectivity index (χ3n) is 2.89. The summed E-state index contributed by atoms with van der Waals surface area (Å²) in [6.45, 7) is 2.33. The molecule has 1 aliphatic heterocycles. The number of likely N-dealkylation sites (N-methyl/N-ethyl adjacent to an activating group) is 1. The van der Waals surface area contributed by atoms with E-state index >= 15 is 0 Å². The molecular formula is C11H18F3N3O2. The van der Waals surface area contributed by atoms with Gasteiger partial charge in [0.2, 0.25) is 11.8 Å². The largest absolute Gasteiger partial charge is 0.389 e. The lowest BCUT2D eigenvalue weighted by Gasteiger charge is -2.29. The Morgan fingerprint density at radius 3 is 2.37 bits per heavy atom. The van der Waals surface area contributed by atoms with Gasteiger partial charge < -0.3 is 15.1 Å². The second kappa shape index (κ2) is 6.74. The zero-order valence-electron chi connectivity index (χ0n) is 10.8. The van der Waals surface area contributed by atoms with Crippen molar-refractivity contribution in [2.45, 2.75) is 19.0 Å². The van der Waals surface area contributed by atoms with Crippen molar-refractivity contribution in [3.63, 3.8) is 0 Å². The van der Waals surface area contributed by atoms with Gasteiger partial charge in [-0.2, -0.15) is 13.2 Å². The van der Waals surface area contributed by atoms with Gasteiger partial charge in [-0.05, 0) is 0 Å². The van der Waals surface area contributed by atoms with Crippen molar-refractivity contribution in [1.29, 1.82) is 0 Å². The Bertz CT molecular complexity index is 328. The number of piperazine rings is 1. The summed E-state index contributed by atoms with van der Waals surface area (Å²) >= 11 is 0. The molecule has 1 N–H and O–H groups in total. The molecule has 0 saturated carbocycles. The SMILES string of the molecule is CN(CC(=O)N1CCNCC1)C(=O)CCC(F)(F)F. The second-order valence-electron chi connectivity index (χ2n) is 4.50. The minimum atomic E-state index is -4.35. The molecule has 0 aromatic carbocycles. The first-order chi connectivity index (χ1) is 8.79. The summed E-state index contributed by atoms with van der Waals surface area (Å²) in [5, 5.41) is 3.08. The average molecular weight is 281 g/mol. The Labute approximate surface area is 109 Å². The first-order valence-electron chi connectivity index (χ1n) is 6.09. The van der Waals surface area contributed by atoms with Crippen LogP contribution >= 0.6 is 0 Å². The van der Waals surface area contributed by atoms with Crippen LogP contribution in [-0.2, 0) is 9.59 Å². The van der Waals surface area contributed by atoms with Gasteiger partial charge in [0.05, 0.1) is 13.0 Å². The maximum atomic E-state index is 12.0. The van der Waals surface area contributed by atoms with E-state index in [0.29, 0.717) is 26.2 Å². The number of halogens is 3. The molecule has 2 amide bonds. The summed E-state index contributed by atoms with van der Waals surface area (Å²) in [5.41, 5.74) is 0. The standard InChI is InChI=1S/C11H18F3N3O2/c1-16(9(18)2-3-11(12,13)14)8-10(19)17-6-4-15-5-7-17/h15H,2-8H2,1H3. The van der Waals surface area contributed by atoms with Gasteiger partial charge in [0.1, 0.15) is 0 Å². The maximum Gasteiger partial charge on any atom is 0.389 e. The van der Waals surface area contributed by atoms with E-state index in [1.807, 2.05) is 0 Å². The Morgan fingerprint density at radius 1 is 1.26 bits per heavy atom. The molecule has 1 heterocycles. The van der Waals surface area contributed by atoms with Crippen LogP contribution in [-0.4, -0.2) is 67.6 Å². The molecule has 1 saturated heterocycles. The lowest BCUT2D eigenvalue weighted by molar-refractivity contribution is -0.150. The average Bonchev–Trinajstić information content (AvgIpc) is 2.36. The molecule has 0 aliphatic carbocycles. The zero-order valence-corrected chi connectivity index (χ0v) is 10.8. The van der Waals surface area contributed by atoms with Gasteiger partial charge in [-0.3, -0.25) is 9.59 Å². The van der Waals surface area contributed by atoms with Crippen LogP contribution in [0.25, 0.3) is 0 Å². The molecule has 1 rings (SSSR count). The normalized spacial score (nSPS) is 16.3. The van der Waals surface area contributed by atoms with Crippen molar-refractivity contribution in [3.8, 4) is 0 Å². The number of nitrogens with one attached hydrogen (secondary N) is 1. The van der Waals surface area contributed by atoms with Gasteiger partial charge in [-0.25, -0.2) is 0 Å². The number of rotatable bonds is 4. The molecule has 1 aliphatic rings. The highest BCUT2D eigenvalue weighted by Crippen LogP contribution is 2.21. The van der Waals surface area contributed by atoms with Crippen LogP contribution in [0.2, 0.25) is 0 Å². The Morgan fingerprint density at radius 2 is 1.84 bits per heavy atom. The summed E-state index contributed by atoms with van der Waals surface area (Å²) in [5.74, 6) is -0.898. The number of amides is 2. The monoisotopic (exact) mass is 281 g/mol. The maximum absolute atomic E-state index is 12.0. The van der Waals surface area contributed by atoms with Crippen molar-refractivity contribution in [2.24, 2.45) is 0 Å². The third kappa shape index (κ3) is 5.91. The molecule has 5 nitrogen and oxygen atoms in total. The van der Waals surface area contributed by atoms with Crippen LogP contribution < -0.4 is 5.32 Å². The third-order valence-corrected chi connectivity index (χ3v) is 2.89. The molecule has 0 radical (unpaired) electrons. The molecule has 110 valence electrons. The van der Waals surface area contributed by atoms with E-state index in [0.717, 1.165) is 4.90 Å². The summed E-state index contributed by atoms with van der Waals surface area (Å²) < 4.78 is 35.9. The van der Waals surface area contributed by atoms with E-state index in [9.17, 15) is 22.8 Å². The molecule has 0 aromatic heterocycles. The first-order valence-corrected chi connectivity index (χ1v) is 6.09. The molecule has 19 heavy (non-hydrogen) atoms. The Hall–Kier alpha value is -1.31. The molecular weight excluding hydrogens is 263 g/mol. The highest BCUT2D eigenvalue weighted by molar-refractivity contribution is 5.84. The summed E-state index contributed by atoms with van der Waals surface area (Å²) in [7, 11) is 1.35. The van der Waals surface area contributed by atoms with Crippen molar-refractivity contribution < 1.29 is 22.8 Å². The van der Waals surface area contributed by atoms with Gasteiger partial charge in [-0.15, -0.1) is 0 Å². The summed E-state index contributed by atoms with van der Waals surface area (Å²) in [6, 6.07) is 0. The molecule has 0 unspecified atom stereocenters. The first kappa shape index (κ1) is 15.7. The highest BCUT2D eigenvalue weighted by Gasteiger charge is 2.29. The number of carbonyl (C=O) groups excluding carboxylic acids is 2. The van der Waals surface area contributed by atoms with Crippen molar-refractivity contribution in [2.75, 3.05) is 39.8 Å². The molecule has 0 spiro atoms. The van der Waals surface area contributed by atoms with E-state index < -0.39 is 24.9 Å². The van der Waals surface area contributed by atoms with Crippen LogP contribution in [0.4, 0.5) is 13.2 Å². The second-order valence-corrected chi connectivity index (χ2v) is 4.50. The van der Waals surface area contributed by atoms with Gasteiger partial charge >= 0.3 is 6.18 Å². The minimum absolute atomic E-state index is 0.170. The highest BCUT2D eigenvalue weighted by atomic mass is 19.4. The lowest BCUT2D eigenvalue weighted by atomic mass is 10.2. The fourth-order valence-electron chi connectivity index (χ4n) is 1.74. The Balaban J connectivity index is 2.34. The van der Waals surface area contributed by atoms with Crippen LogP contribution in [0.3, 0.4) is 0 Å². The number of hydrogen-bond acceptors (Lipinski definition) is 3. The van der Waals surface area contributed by atoms with Gasteiger partial charge in [-0.1, -0.05) is 0 Å². The number of hydrogen-bond donors (Lipinski definition) is 1. The van der Waals surface area contributed by atoms with Crippen LogP contribution in [0.15, 0.2) is 0 Å². The Kier molecular flexibility index (Phi) is 5.59. The smallest absolute Gasteiger partial charge is 0.339 e. The van der Waals surface area contributed by atoms with Crippen molar-refractivity contribution >= 4 is 11.8 Å². The molecule has 8 heteroatoms. The number of carbonyl (C=O) groups is 2. The summed E-state index contributed by atoms with van der Waals surface area (Å²) in [4.78, 5) is 25.9. The minimum Gasteiger partial charge on any atom is -0.339 e. The van der Waals surface area contributed by atoms with E-state index in [1.165, 1.54) is 7.05 Å². The molecule has 0 atom stereocenters. The van der Waals surface area contributed by atoms with Crippen LogP contribution in [0.5, 0.6) is 0 Å². The van der Waals surface area contributed by atoms with Crippen LogP contribution in [0, 0.1) is 0 Å².